The normalized spacial score (nSPS) is 19.9. The largest absolute Gasteiger partial charge is 0.394 e. The van der Waals surface area contributed by atoms with Crippen LogP contribution in [0.25, 0.3) is 0 Å². The fraction of sp³-hybridized carbons (Fsp3) is 0.900. The Balaban J connectivity index is 2.10. The first-order valence-corrected chi connectivity index (χ1v) is 5.45. The average Bonchev–Trinajstić information content (AvgIpc) is 2.27. The van der Waals surface area contributed by atoms with E-state index in [1.54, 1.807) is 6.92 Å². The van der Waals surface area contributed by atoms with Gasteiger partial charge in [0.2, 0.25) is 5.91 Å². The van der Waals surface area contributed by atoms with E-state index in [2.05, 4.69) is 10.6 Å². The highest BCUT2D eigenvalue weighted by Crippen LogP contribution is 2.06. The van der Waals surface area contributed by atoms with E-state index in [-0.39, 0.29) is 31.3 Å². The van der Waals surface area contributed by atoms with Gasteiger partial charge in [-0.3, -0.25) is 4.79 Å². The van der Waals surface area contributed by atoms with Crippen molar-refractivity contribution in [1.29, 1.82) is 0 Å². The van der Waals surface area contributed by atoms with Gasteiger partial charge in [0, 0.05) is 6.04 Å². The van der Waals surface area contributed by atoms with E-state index in [4.69, 9.17) is 9.84 Å². The molecule has 1 atom stereocenters. The van der Waals surface area contributed by atoms with Gasteiger partial charge in [-0.1, -0.05) is 0 Å². The second-order valence-electron chi connectivity index (χ2n) is 3.91. The van der Waals surface area contributed by atoms with Crippen molar-refractivity contribution >= 4 is 5.91 Å². The molecule has 1 heterocycles. The number of aliphatic hydroxyl groups is 1. The zero-order chi connectivity index (χ0) is 11.1. The minimum absolute atomic E-state index is 0.0426. The highest BCUT2D eigenvalue weighted by Gasteiger charge is 2.15. The van der Waals surface area contributed by atoms with Crippen LogP contribution in [0.15, 0.2) is 0 Å². The molecule has 1 unspecified atom stereocenters. The number of piperidine rings is 1. The lowest BCUT2D eigenvalue weighted by atomic mass is 10.1. The quantitative estimate of drug-likeness (QED) is 0.565. The van der Waals surface area contributed by atoms with Crippen molar-refractivity contribution in [1.82, 2.24) is 10.6 Å². The van der Waals surface area contributed by atoms with Crippen molar-refractivity contribution in [3.63, 3.8) is 0 Å². The molecule has 88 valence electrons. The van der Waals surface area contributed by atoms with Crippen LogP contribution in [-0.2, 0) is 9.53 Å². The topological polar surface area (TPSA) is 70.6 Å². The first-order chi connectivity index (χ1) is 7.22. The molecule has 0 aliphatic carbocycles. The monoisotopic (exact) mass is 216 g/mol. The third-order valence-electron chi connectivity index (χ3n) is 2.42. The number of amides is 1. The molecule has 1 amide bonds. The summed E-state index contributed by atoms with van der Waals surface area (Å²) in [6.45, 7) is 3.72. The van der Waals surface area contributed by atoms with Gasteiger partial charge in [-0.25, -0.2) is 0 Å². The van der Waals surface area contributed by atoms with Crippen LogP contribution in [0.5, 0.6) is 0 Å². The maximum absolute atomic E-state index is 11.3. The fourth-order valence-electron chi connectivity index (χ4n) is 1.52. The maximum Gasteiger partial charge on any atom is 0.246 e. The zero-order valence-electron chi connectivity index (χ0n) is 9.16. The Kier molecular flexibility index (Phi) is 5.60. The van der Waals surface area contributed by atoms with E-state index < -0.39 is 0 Å². The molecule has 1 rings (SSSR count). The lowest BCUT2D eigenvalue weighted by Crippen LogP contribution is -2.39. The van der Waals surface area contributed by atoms with Crippen LogP contribution >= 0.6 is 0 Å². The van der Waals surface area contributed by atoms with Crippen LogP contribution in [0.3, 0.4) is 0 Å². The highest BCUT2D eigenvalue weighted by molar-refractivity contribution is 5.77. The molecule has 1 fully saturated rings. The minimum atomic E-state index is -0.200. The van der Waals surface area contributed by atoms with Crippen molar-refractivity contribution < 1.29 is 14.6 Å². The number of hydrogen-bond donors (Lipinski definition) is 3. The molecule has 3 N–H and O–H groups in total. The summed E-state index contributed by atoms with van der Waals surface area (Å²) in [5.74, 6) is -0.157. The molecular weight excluding hydrogens is 196 g/mol. The molecule has 0 aromatic heterocycles. The number of rotatable bonds is 5. The van der Waals surface area contributed by atoms with Crippen LogP contribution in [0.2, 0.25) is 0 Å². The summed E-state index contributed by atoms with van der Waals surface area (Å²) in [5.41, 5.74) is 0. The summed E-state index contributed by atoms with van der Waals surface area (Å²) in [7, 11) is 0. The molecule has 1 aliphatic rings. The number of aliphatic hydroxyl groups excluding tert-OH is 1. The molecule has 5 heteroatoms. The fourth-order valence-corrected chi connectivity index (χ4v) is 1.52. The Hall–Kier alpha value is -0.650. The van der Waals surface area contributed by atoms with Gasteiger partial charge in [0.25, 0.3) is 0 Å². The highest BCUT2D eigenvalue weighted by atomic mass is 16.5. The van der Waals surface area contributed by atoms with E-state index in [0.29, 0.717) is 0 Å². The Labute approximate surface area is 90.2 Å². The average molecular weight is 216 g/mol. The van der Waals surface area contributed by atoms with E-state index in [1.807, 2.05) is 0 Å². The zero-order valence-corrected chi connectivity index (χ0v) is 9.16. The summed E-state index contributed by atoms with van der Waals surface area (Å²) < 4.78 is 5.46. The Bertz CT molecular complexity index is 193. The number of carbonyl (C=O) groups is 1. The van der Waals surface area contributed by atoms with Crippen molar-refractivity contribution in [2.45, 2.75) is 31.9 Å². The predicted octanol–water partition coefficient (Wildman–Crippen LogP) is -0.748. The van der Waals surface area contributed by atoms with Gasteiger partial charge < -0.3 is 20.5 Å². The Morgan fingerprint density at radius 2 is 2.27 bits per heavy atom. The first-order valence-electron chi connectivity index (χ1n) is 5.45. The Morgan fingerprint density at radius 3 is 2.87 bits per heavy atom. The van der Waals surface area contributed by atoms with Crippen LogP contribution in [0.1, 0.15) is 19.8 Å². The van der Waals surface area contributed by atoms with Gasteiger partial charge >= 0.3 is 0 Å². The molecule has 0 saturated carbocycles. The van der Waals surface area contributed by atoms with Gasteiger partial charge in [-0.15, -0.1) is 0 Å². The number of nitrogens with one attached hydrogen (secondary N) is 2. The van der Waals surface area contributed by atoms with E-state index in [9.17, 15) is 4.79 Å². The van der Waals surface area contributed by atoms with Gasteiger partial charge in [0.1, 0.15) is 6.61 Å². The summed E-state index contributed by atoms with van der Waals surface area (Å²) in [6.07, 6.45) is 2.12. The predicted molar refractivity (Wildman–Crippen MR) is 56.5 cm³/mol. The van der Waals surface area contributed by atoms with Crippen molar-refractivity contribution in [2.75, 3.05) is 26.3 Å². The van der Waals surface area contributed by atoms with Crippen LogP contribution < -0.4 is 10.6 Å². The SMILES string of the molecule is CC(CO)NC(=O)COC1CCNCC1. The van der Waals surface area contributed by atoms with Gasteiger partial charge in [0.15, 0.2) is 0 Å². The van der Waals surface area contributed by atoms with E-state index in [0.717, 1.165) is 25.9 Å². The second kappa shape index (κ2) is 6.76. The molecule has 15 heavy (non-hydrogen) atoms. The van der Waals surface area contributed by atoms with Crippen LogP contribution in [-0.4, -0.2) is 49.5 Å². The first kappa shape index (κ1) is 12.4. The maximum atomic E-state index is 11.3. The molecular formula is C10H20N2O3. The second-order valence-corrected chi connectivity index (χ2v) is 3.91. The molecule has 0 bridgehead atoms. The van der Waals surface area contributed by atoms with E-state index >= 15 is 0 Å². The third kappa shape index (κ3) is 5.11. The van der Waals surface area contributed by atoms with E-state index in [1.165, 1.54) is 0 Å². The van der Waals surface area contributed by atoms with Gasteiger partial charge in [0.05, 0.1) is 12.7 Å². The molecule has 1 saturated heterocycles. The number of ether oxygens (including phenoxy) is 1. The van der Waals surface area contributed by atoms with Crippen molar-refractivity contribution in [3.05, 3.63) is 0 Å². The molecule has 0 aromatic carbocycles. The van der Waals surface area contributed by atoms with Crippen molar-refractivity contribution in [3.8, 4) is 0 Å². The smallest absolute Gasteiger partial charge is 0.246 e. The molecule has 1 aliphatic heterocycles. The summed E-state index contributed by atoms with van der Waals surface area (Å²) in [5, 5.41) is 14.6. The Morgan fingerprint density at radius 1 is 1.60 bits per heavy atom. The van der Waals surface area contributed by atoms with Crippen LogP contribution in [0, 0.1) is 0 Å². The summed E-state index contributed by atoms with van der Waals surface area (Å²) in [4.78, 5) is 11.3. The molecule has 0 spiro atoms. The minimum Gasteiger partial charge on any atom is -0.394 e. The summed E-state index contributed by atoms with van der Waals surface area (Å²) in [6, 6.07) is -0.200. The molecule has 0 aromatic rings. The molecule has 5 nitrogen and oxygen atoms in total. The lowest BCUT2D eigenvalue weighted by Gasteiger charge is -2.22. The number of hydrogen-bond acceptors (Lipinski definition) is 4. The van der Waals surface area contributed by atoms with Gasteiger partial charge in [-0.2, -0.15) is 0 Å². The number of carbonyl (C=O) groups excluding carboxylic acids is 1. The lowest BCUT2D eigenvalue weighted by molar-refractivity contribution is -0.129. The van der Waals surface area contributed by atoms with Gasteiger partial charge in [-0.05, 0) is 32.9 Å². The van der Waals surface area contributed by atoms with Crippen molar-refractivity contribution in [2.24, 2.45) is 0 Å². The molecule has 0 radical (unpaired) electrons. The third-order valence-corrected chi connectivity index (χ3v) is 2.42. The standard InChI is InChI=1S/C10H20N2O3/c1-8(6-13)12-10(14)7-15-9-2-4-11-5-3-9/h8-9,11,13H,2-7H2,1H3,(H,12,14). The summed E-state index contributed by atoms with van der Waals surface area (Å²) >= 11 is 0. The van der Waals surface area contributed by atoms with Crippen LogP contribution in [0.4, 0.5) is 0 Å².